The maximum atomic E-state index is 12.3. The SMILES string of the molecule is Cc1cc(C)c2nc(SCC(=O)Nc3ccc4c(c3)OCO4)c(C#N)cc2c1. The van der Waals surface area contributed by atoms with Crippen molar-refractivity contribution in [1.82, 2.24) is 4.98 Å². The molecule has 0 bridgehead atoms. The van der Waals surface area contributed by atoms with Crippen LogP contribution in [0.3, 0.4) is 0 Å². The van der Waals surface area contributed by atoms with Crippen molar-refractivity contribution in [3.8, 4) is 17.6 Å². The zero-order valence-electron chi connectivity index (χ0n) is 15.4. The minimum atomic E-state index is -0.185. The van der Waals surface area contributed by atoms with Gasteiger partial charge in [-0.1, -0.05) is 23.4 Å². The van der Waals surface area contributed by atoms with Crippen LogP contribution < -0.4 is 14.8 Å². The van der Waals surface area contributed by atoms with Crippen molar-refractivity contribution in [2.75, 3.05) is 17.9 Å². The Morgan fingerprint density at radius 2 is 2.04 bits per heavy atom. The van der Waals surface area contributed by atoms with Crippen molar-refractivity contribution in [2.45, 2.75) is 18.9 Å². The predicted octanol–water partition coefficient (Wildman–Crippen LogP) is 4.18. The molecule has 2 aromatic carbocycles. The Hall–Kier alpha value is -3.24. The predicted molar refractivity (Wildman–Crippen MR) is 108 cm³/mol. The summed E-state index contributed by atoms with van der Waals surface area (Å²) in [5.41, 5.74) is 4.13. The van der Waals surface area contributed by atoms with E-state index in [1.807, 2.05) is 26.0 Å². The zero-order chi connectivity index (χ0) is 19.7. The van der Waals surface area contributed by atoms with Crippen LogP contribution in [0.15, 0.2) is 41.4 Å². The molecule has 0 unspecified atom stereocenters. The summed E-state index contributed by atoms with van der Waals surface area (Å²) < 4.78 is 10.6. The van der Waals surface area contributed by atoms with Gasteiger partial charge in [0, 0.05) is 17.1 Å². The number of rotatable bonds is 4. The summed E-state index contributed by atoms with van der Waals surface area (Å²) in [6.07, 6.45) is 0. The van der Waals surface area contributed by atoms with Crippen LogP contribution in [0.2, 0.25) is 0 Å². The lowest BCUT2D eigenvalue weighted by Crippen LogP contribution is -2.14. The van der Waals surface area contributed by atoms with Gasteiger partial charge in [0.05, 0.1) is 16.8 Å². The van der Waals surface area contributed by atoms with E-state index in [1.165, 1.54) is 11.8 Å². The van der Waals surface area contributed by atoms with Gasteiger partial charge in [0.2, 0.25) is 12.7 Å². The van der Waals surface area contributed by atoms with Gasteiger partial charge in [-0.25, -0.2) is 4.98 Å². The van der Waals surface area contributed by atoms with Crippen molar-refractivity contribution in [2.24, 2.45) is 0 Å². The quantitative estimate of drug-likeness (QED) is 0.672. The molecule has 1 aliphatic heterocycles. The molecule has 0 fully saturated rings. The molecule has 140 valence electrons. The van der Waals surface area contributed by atoms with E-state index in [-0.39, 0.29) is 18.5 Å². The minimum Gasteiger partial charge on any atom is -0.454 e. The van der Waals surface area contributed by atoms with Crippen molar-refractivity contribution in [1.29, 1.82) is 5.26 Å². The number of hydrogen-bond acceptors (Lipinski definition) is 6. The maximum absolute atomic E-state index is 12.3. The van der Waals surface area contributed by atoms with Crippen LogP contribution >= 0.6 is 11.8 Å². The fourth-order valence-electron chi connectivity index (χ4n) is 3.13. The first-order valence-corrected chi connectivity index (χ1v) is 9.66. The molecular formula is C21H17N3O3S. The smallest absolute Gasteiger partial charge is 0.234 e. The van der Waals surface area contributed by atoms with Crippen LogP contribution in [-0.4, -0.2) is 23.4 Å². The molecule has 0 saturated carbocycles. The number of pyridine rings is 1. The molecule has 2 heterocycles. The average Bonchev–Trinajstić information content (AvgIpc) is 3.13. The molecule has 1 aromatic heterocycles. The standard InChI is InChI=1S/C21H17N3O3S/c1-12-5-13(2)20-14(6-12)7-15(9-22)21(24-20)28-10-19(25)23-16-3-4-17-18(8-16)27-11-26-17/h3-8H,10-11H2,1-2H3,(H,23,25). The van der Waals surface area contributed by atoms with Crippen LogP contribution in [0, 0.1) is 25.2 Å². The lowest BCUT2D eigenvalue weighted by Gasteiger charge is -2.09. The van der Waals surface area contributed by atoms with E-state index in [9.17, 15) is 10.1 Å². The molecule has 0 spiro atoms. The van der Waals surface area contributed by atoms with E-state index in [0.717, 1.165) is 22.0 Å². The van der Waals surface area contributed by atoms with Gasteiger partial charge in [0.15, 0.2) is 11.5 Å². The van der Waals surface area contributed by atoms with Crippen LogP contribution in [0.1, 0.15) is 16.7 Å². The van der Waals surface area contributed by atoms with E-state index in [0.29, 0.717) is 27.8 Å². The van der Waals surface area contributed by atoms with Gasteiger partial charge >= 0.3 is 0 Å². The van der Waals surface area contributed by atoms with Gasteiger partial charge in [-0.2, -0.15) is 5.26 Å². The van der Waals surface area contributed by atoms with Gasteiger partial charge < -0.3 is 14.8 Å². The lowest BCUT2D eigenvalue weighted by molar-refractivity contribution is -0.113. The zero-order valence-corrected chi connectivity index (χ0v) is 16.2. The summed E-state index contributed by atoms with van der Waals surface area (Å²) in [5, 5.41) is 13.8. The average molecular weight is 391 g/mol. The second kappa shape index (κ2) is 7.41. The van der Waals surface area contributed by atoms with Crippen LogP contribution in [-0.2, 0) is 4.79 Å². The fourth-order valence-corrected chi connectivity index (χ4v) is 3.89. The second-order valence-corrected chi connectivity index (χ2v) is 7.48. The molecule has 4 rings (SSSR count). The highest BCUT2D eigenvalue weighted by atomic mass is 32.2. The van der Waals surface area contributed by atoms with Crippen molar-refractivity contribution >= 4 is 34.3 Å². The third-order valence-electron chi connectivity index (χ3n) is 4.33. The Kier molecular flexibility index (Phi) is 4.80. The number of carbonyl (C=O) groups is 1. The van der Waals surface area contributed by atoms with Crippen molar-refractivity contribution in [3.05, 3.63) is 53.1 Å². The summed E-state index contributed by atoms with van der Waals surface area (Å²) >= 11 is 1.25. The van der Waals surface area contributed by atoms with Gasteiger partial charge in [-0.3, -0.25) is 4.79 Å². The third-order valence-corrected chi connectivity index (χ3v) is 5.33. The first kappa shape index (κ1) is 18.1. The fraction of sp³-hybridized carbons (Fsp3) is 0.190. The molecule has 0 radical (unpaired) electrons. The monoisotopic (exact) mass is 391 g/mol. The normalized spacial score (nSPS) is 12.0. The van der Waals surface area contributed by atoms with Gasteiger partial charge in [0.25, 0.3) is 0 Å². The molecule has 7 heteroatoms. The summed E-state index contributed by atoms with van der Waals surface area (Å²) in [7, 11) is 0. The number of nitrogens with zero attached hydrogens (tertiary/aromatic N) is 2. The maximum Gasteiger partial charge on any atom is 0.234 e. The molecule has 0 saturated heterocycles. The molecule has 3 aromatic rings. The first-order chi connectivity index (χ1) is 13.5. The van der Waals surface area contributed by atoms with E-state index in [1.54, 1.807) is 18.2 Å². The number of fused-ring (bicyclic) bond motifs is 2. The largest absolute Gasteiger partial charge is 0.454 e. The summed E-state index contributed by atoms with van der Waals surface area (Å²) in [5.74, 6) is 1.23. The van der Waals surface area contributed by atoms with Gasteiger partial charge in [-0.05, 0) is 43.7 Å². The number of ether oxygens (including phenoxy) is 2. The number of carbonyl (C=O) groups excluding carboxylic acids is 1. The van der Waals surface area contributed by atoms with Crippen LogP contribution in [0.5, 0.6) is 11.5 Å². The number of aromatic nitrogens is 1. The van der Waals surface area contributed by atoms with E-state index < -0.39 is 0 Å². The topological polar surface area (TPSA) is 84.2 Å². The van der Waals surface area contributed by atoms with Crippen LogP contribution in [0.25, 0.3) is 10.9 Å². The number of anilines is 1. The van der Waals surface area contributed by atoms with Crippen LogP contribution in [0.4, 0.5) is 5.69 Å². The van der Waals surface area contributed by atoms with E-state index in [4.69, 9.17) is 9.47 Å². The van der Waals surface area contributed by atoms with E-state index in [2.05, 4.69) is 22.4 Å². The molecule has 0 atom stereocenters. The first-order valence-electron chi connectivity index (χ1n) is 8.68. The molecular weight excluding hydrogens is 374 g/mol. The highest BCUT2D eigenvalue weighted by Gasteiger charge is 2.15. The second-order valence-electron chi connectivity index (χ2n) is 6.51. The number of benzene rings is 2. The Balaban J connectivity index is 1.50. The van der Waals surface area contributed by atoms with Gasteiger partial charge in [-0.15, -0.1) is 0 Å². The number of amides is 1. The Morgan fingerprint density at radius 3 is 2.86 bits per heavy atom. The van der Waals surface area contributed by atoms with Gasteiger partial charge in [0.1, 0.15) is 11.1 Å². The highest BCUT2D eigenvalue weighted by Crippen LogP contribution is 2.34. The molecule has 1 amide bonds. The Bertz CT molecular complexity index is 1140. The Morgan fingerprint density at radius 1 is 1.21 bits per heavy atom. The molecule has 0 aliphatic carbocycles. The Labute approximate surface area is 166 Å². The van der Waals surface area contributed by atoms with Crippen molar-refractivity contribution in [3.63, 3.8) is 0 Å². The number of nitrogens with one attached hydrogen (secondary N) is 1. The number of thioether (sulfide) groups is 1. The summed E-state index contributed by atoms with van der Waals surface area (Å²) in [6, 6.07) is 13.3. The third kappa shape index (κ3) is 3.59. The molecule has 1 aliphatic rings. The lowest BCUT2D eigenvalue weighted by atomic mass is 10.1. The number of hydrogen-bond donors (Lipinski definition) is 1. The number of nitriles is 1. The molecule has 1 N–H and O–H groups in total. The summed E-state index contributed by atoms with van der Waals surface area (Å²) in [6.45, 7) is 4.20. The number of aryl methyl sites for hydroxylation is 2. The minimum absolute atomic E-state index is 0.145. The molecule has 6 nitrogen and oxygen atoms in total. The summed E-state index contributed by atoms with van der Waals surface area (Å²) in [4.78, 5) is 17.0. The highest BCUT2D eigenvalue weighted by molar-refractivity contribution is 8.00. The van der Waals surface area contributed by atoms with Crippen molar-refractivity contribution < 1.29 is 14.3 Å². The molecule has 28 heavy (non-hydrogen) atoms. The van der Waals surface area contributed by atoms with E-state index >= 15 is 0 Å².